The number of amides is 1. The molecule has 6 heteroatoms. The summed E-state index contributed by atoms with van der Waals surface area (Å²) < 4.78 is 27.3. The number of benzene rings is 1. The summed E-state index contributed by atoms with van der Waals surface area (Å²) >= 11 is 0. The van der Waals surface area contributed by atoms with Gasteiger partial charge in [0.15, 0.2) is 17.2 Å². The molecule has 1 aliphatic carbocycles. The van der Waals surface area contributed by atoms with E-state index in [9.17, 15) is 18.7 Å². The van der Waals surface area contributed by atoms with Crippen molar-refractivity contribution in [3.05, 3.63) is 35.4 Å². The maximum atomic E-state index is 13.9. The van der Waals surface area contributed by atoms with E-state index in [1.807, 2.05) is 0 Å². The fraction of sp³-hybridized carbons (Fsp3) is 0.632. The zero-order chi connectivity index (χ0) is 17.9. The van der Waals surface area contributed by atoms with Crippen molar-refractivity contribution in [2.45, 2.75) is 63.1 Å². The Morgan fingerprint density at radius 3 is 2.72 bits per heavy atom. The third-order valence-corrected chi connectivity index (χ3v) is 5.38. The summed E-state index contributed by atoms with van der Waals surface area (Å²) in [5.74, 6) is -2.24. The van der Waals surface area contributed by atoms with E-state index in [1.165, 1.54) is 36.3 Å². The largest absolute Gasteiger partial charge is 0.379 e. The van der Waals surface area contributed by atoms with Gasteiger partial charge in [-0.3, -0.25) is 4.79 Å². The maximum absolute atomic E-state index is 13.9. The Morgan fingerprint density at radius 2 is 1.96 bits per heavy atom. The molecule has 0 aromatic heterocycles. The van der Waals surface area contributed by atoms with Crippen LogP contribution in [0.25, 0.3) is 0 Å². The smallest absolute Gasteiger partial charge is 0.256 e. The zero-order valence-corrected chi connectivity index (χ0v) is 14.4. The Hall–Kier alpha value is -1.53. The topological polar surface area (TPSA) is 52.6 Å². The Morgan fingerprint density at radius 1 is 1.20 bits per heavy atom. The Labute approximate surface area is 147 Å². The Balaban J connectivity index is 1.64. The molecule has 1 atom stereocenters. The molecule has 1 aliphatic heterocycles. The molecular formula is C19H26F2N2O2. The van der Waals surface area contributed by atoms with Gasteiger partial charge in [0.25, 0.3) is 5.91 Å². The summed E-state index contributed by atoms with van der Waals surface area (Å²) in [6.07, 6.45) is 6.78. The number of carbonyl (C=O) groups is 1. The lowest BCUT2D eigenvalue weighted by molar-refractivity contribution is -0.157. The molecule has 1 aromatic carbocycles. The van der Waals surface area contributed by atoms with Crippen molar-refractivity contribution in [3.63, 3.8) is 0 Å². The van der Waals surface area contributed by atoms with Crippen molar-refractivity contribution < 1.29 is 18.7 Å². The molecule has 1 unspecified atom stereocenters. The Kier molecular flexibility index (Phi) is 5.69. The number of nitrogens with one attached hydrogen (secondary N) is 1. The maximum Gasteiger partial charge on any atom is 0.256 e. The number of carbonyl (C=O) groups excluding carboxylic acids is 1. The molecule has 0 spiro atoms. The minimum Gasteiger partial charge on any atom is -0.379 e. The molecule has 0 bridgehead atoms. The van der Waals surface area contributed by atoms with Gasteiger partial charge in [-0.1, -0.05) is 31.4 Å². The van der Waals surface area contributed by atoms with Crippen molar-refractivity contribution in [1.82, 2.24) is 10.2 Å². The van der Waals surface area contributed by atoms with Crippen LogP contribution in [0.15, 0.2) is 18.2 Å². The molecule has 1 aromatic rings. The highest BCUT2D eigenvalue weighted by atomic mass is 19.2. The number of aliphatic hydroxyl groups is 1. The molecular weight excluding hydrogens is 326 g/mol. The molecule has 2 N–H and O–H groups in total. The van der Waals surface area contributed by atoms with Gasteiger partial charge in [0.1, 0.15) is 0 Å². The first-order valence-corrected chi connectivity index (χ1v) is 9.18. The van der Waals surface area contributed by atoms with E-state index in [0.29, 0.717) is 25.4 Å². The predicted molar refractivity (Wildman–Crippen MR) is 90.8 cm³/mol. The number of likely N-dealkylation sites (tertiary alicyclic amines) is 1. The summed E-state index contributed by atoms with van der Waals surface area (Å²) in [5, 5.41) is 14.2. The van der Waals surface area contributed by atoms with Gasteiger partial charge in [-0.25, -0.2) is 8.78 Å². The van der Waals surface area contributed by atoms with Crippen LogP contribution in [0.2, 0.25) is 0 Å². The molecule has 3 rings (SSSR count). The molecule has 1 saturated carbocycles. The summed E-state index contributed by atoms with van der Waals surface area (Å²) in [6.45, 7) is 0.646. The lowest BCUT2D eigenvalue weighted by atomic mass is 9.89. The minimum absolute atomic E-state index is 0.0197. The second kappa shape index (κ2) is 7.79. The van der Waals surface area contributed by atoms with Crippen LogP contribution < -0.4 is 5.32 Å². The summed E-state index contributed by atoms with van der Waals surface area (Å²) in [4.78, 5) is 14.2. The fourth-order valence-corrected chi connectivity index (χ4v) is 3.88. The lowest BCUT2D eigenvalue weighted by Crippen LogP contribution is -2.58. The number of hydrogen-bond acceptors (Lipinski definition) is 3. The number of piperidine rings is 1. The van der Waals surface area contributed by atoms with E-state index in [0.717, 1.165) is 18.9 Å². The van der Waals surface area contributed by atoms with E-state index in [1.54, 1.807) is 0 Å². The predicted octanol–water partition coefficient (Wildman–Crippen LogP) is 2.74. The van der Waals surface area contributed by atoms with Gasteiger partial charge < -0.3 is 15.3 Å². The molecule has 1 amide bonds. The van der Waals surface area contributed by atoms with E-state index in [4.69, 9.17) is 0 Å². The second-order valence-electron chi connectivity index (χ2n) is 7.29. The van der Waals surface area contributed by atoms with Crippen LogP contribution in [0.3, 0.4) is 0 Å². The van der Waals surface area contributed by atoms with Crippen LogP contribution in [0.1, 0.15) is 50.5 Å². The highest BCUT2D eigenvalue weighted by Gasteiger charge is 2.42. The molecule has 25 heavy (non-hydrogen) atoms. The highest BCUT2D eigenvalue weighted by Crippen LogP contribution is 2.26. The van der Waals surface area contributed by atoms with Gasteiger partial charge in [0.2, 0.25) is 0 Å². The van der Waals surface area contributed by atoms with E-state index >= 15 is 0 Å². The number of nitrogens with zero attached hydrogens (tertiary/aromatic N) is 1. The van der Waals surface area contributed by atoms with Gasteiger partial charge in [0, 0.05) is 31.2 Å². The van der Waals surface area contributed by atoms with Crippen molar-refractivity contribution in [3.8, 4) is 0 Å². The zero-order valence-electron chi connectivity index (χ0n) is 14.4. The summed E-state index contributed by atoms with van der Waals surface area (Å²) in [7, 11) is 0. The van der Waals surface area contributed by atoms with Gasteiger partial charge in [-0.15, -0.1) is 0 Å². The fourth-order valence-electron chi connectivity index (χ4n) is 3.88. The molecule has 1 heterocycles. The normalized spacial score (nSPS) is 25.4. The molecule has 4 nitrogen and oxygen atoms in total. The van der Waals surface area contributed by atoms with Crippen LogP contribution in [-0.2, 0) is 11.3 Å². The van der Waals surface area contributed by atoms with Gasteiger partial charge in [0.05, 0.1) is 0 Å². The summed E-state index contributed by atoms with van der Waals surface area (Å²) in [6, 6.07) is 4.31. The third-order valence-electron chi connectivity index (χ3n) is 5.38. The van der Waals surface area contributed by atoms with E-state index < -0.39 is 23.1 Å². The average molecular weight is 352 g/mol. The van der Waals surface area contributed by atoms with Gasteiger partial charge >= 0.3 is 0 Å². The SMILES string of the molecule is O=C1N(Cc2cccc(F)c2F)CCCC1(O)CNC1CCCCC1. The minimum atomic E-state index is -1.46. The number of rotatable bonds is 5. The second-order valence-corrected chi connectivity index (χ2v) is 7.29. The molecule has 0 radical (unpaired) electrons. The van der Waals surface area contributed by atoms with Crippen LogP contribution in [0, 0.1) is 11.6 Å². The standard InChI is InChI=1S/C19H26F2N2O2/c20-16-9-4-6-14(17(16)21)12-23-11-5-10-19(25,18(23)24)13-22-15-7-2-1-3-8-15/h4,6,9,15,22,25H,1-3,5,7-8,10-13H2. The monoisotopic (exact) mass is 352 g/mol. The quantitative estimate of drug-likeness (QED) is 0.857. The lowest BCUT2D eigenvalue weighted by Gasteiger charge is -2.39. The van der Waals surface area contributed by atoms with Crippen molar-refractivity contribution in [1.29, 1.82) is 0 Å². The van der Waals surface area contributed by atoms with Gasteiger partial charge in [-0.05, 0) is 31.7 Å². The molecule has 2 aliphatic rings. The molecule has 2 fully saturated rings. The first-order valence-electron chi connectivity index (χ1n) is 9.18. The van der Waals surface area contributed by atoms with Crippen molar-refractivity contribution in [2.24, 2.45) is 0 Å². The number of halogens is 2. The third kappa shape index (κ3) is 4.18. The first-order chi connectivity index (χ1) is 12.0. The van der Waals surface area contributed by atoms with Crippen LogP contribution in [0.5, 0.6) is 0 Å². The van der Waals surface area contributed by atoms with Crippen LogP contribution in [0.4, 0.5) is 8.78 Å². The number of hydrogen-bond donors (Lipinski definition) is 2. The van der Waals surface area contributed by atoms with Crippen molar-refractivity contribution >= 4 is 5.91 Å². The summed E-state index contributed by atoms with van der Waals surface area (Å²) in [5.41, 5.74) is -1.32. The van der Waals surface area contributed by atoms with Crippen molar-refractivity contribution in [2.75, 3.05) is 13.1 Å². The Bertz CT molecular complexity index is 619. The molecule has 138 valence electrons. The van der Waals surface area contributed by atoms with Crippen LogP contribution in [-0.4, -0.2) is 40.6 Å². The first kappa shape index (κ1) is 18.3. The highest BCUT2D eigenvalue weighted by molar-refractivity contribution is 5.86. The van der Waals surface area contributed by atoms with Crippen LogP contribution >= 0.6 is 0 Å². The van der Waals surface area contributed by atoms with Gasteiger partial charge in [-0.2, -0.15) is 0 Å². The van der Waals surface area contributed by atoms with E-state index in [2.05, 4.69) is 5.32 Å². The molecule has 1 saturated heterocycles. The average Bonchev–Trinajstić information content (AvgIpc) is 2.62. The van der Waals surface area contributed by atoms with E-state index in [-0.39, 0.29) is 18.7 Å².